The third-order valence-electron chi connectivity index (χ3n) is 3.36. The molecule has 0 aromatic rings. The SMILES string of the molecule is CCCNC(=O)C1=CC(C(=O)NC)CC(C(=O)NCCC)=C1. The van der Waals surface area contributed by atoms with Crippen molar-refractivity contribution in [2.75, 3.05) is 20.1 Å². The van der Waals surface area contributed by atoms with Crippen molar-refractivity contribution in [3.63, 3.8) is 0 Å². The molecule has 0 saturated carbocycles. The predicted molar refractivity (Wildman–Crippen MR) is 84.9 cm³/mol. The molecule has 0 radical (unpaired) electrons. The van der Waals surface area contributed by atoms with Crippen LogP contribution in [-0.4, -0.2) is 37.9 Å². The van der Waals surface area contributed by atoms with Gasteiger partial charge in [-0.15, -0.1) is 0 Å². The highest BCUT2D eigenvalue weighted by atomic mass is 16.2. The highest BCUT2D eigenvalue weighted by Gasteiger charge is 2.26. The van der Waals surface area contributed by atoms with Crippen LogP contribution in [0.1, 0.15) is 33.1 Å². The van der Waals surface area contributed by atoms with Gasteiger partial charge in [0.2, 0.25) is 11.8 Å². The summed E-state index contributed by atoms with van der Waals surface area (Å²) in [5.41, 5.74) is 0.834. The highest BCUT2D eigenvalue weighted by Crippen LogP contribution is 2.23. The molecule has 6 nitrogen and oxygen atoms in total. The lowest BCUT2D eigenvalue weighted by atomic mass is 9.88. The fourth-order valence-electron chi connectivity index (χ4n) is 2.15. The van der Waals surface area contributed by atoms with E-state index in [4.69, 9.17) is 0 Å². The molecule has 0 aromatic carbocycles. The molecule has 3 amide bonds. The van der Waals surface area contributed by atoms with Crippen molar-refractivity contribution in [3.8, 4) is 0 Å². The van der Waals surface area contributed by atoms with Crippen molar-refractivity contribution >= 4 is 17.7 Å². The third kappa shape index (κ3) is 5.02. The minimum Gasteiger partial charge on any atom is -0.359 e. The van der Waals surface area contributed by atoms with Crippen molar-refractivity contribution in [1.82, 2.24) is 16.0 Å². The van der Waals surface area contributed by atoms with E-state index in [9.17, 15) is 14.4 Å². The second kappa shape index (κ2) is 9.02. The number of hydrogen-bond acceptors (Lipinski definition) is 3. The van der Waals surface area contributed by atoms with Crippen LogP contribution in [0.15, 0.2) is 23.3 Å². The summed E-state index contributed by atoms with van der Waals surface area (Å²) in [5.74, 6) is -1.17. The summed E-state index contributed by atoms with van der Waals surface area (Å²) in [6.07, 6.45) is 5.17. The summed E-state index contributed by atoms with van der Waals surface area (Å²) < 4.78 is 0. The smallest absolute Gasteiger partial charge is 0.250 e. The second-order valence-electron chi connectivity index (χ2n) is 5.23. The average molecular weight is 307 g/mol. The number of carbonyl (C=O) groups is 3. The van der Waals surface area contributed by atoms with Gasteiger partial charge in [0.15, 0.2) is 0 Å². The molecule has 22 heavy (non-hydrogen) atoms. The van der Waals surface area contributed by atoms with Gasteiger partial charge in [-0.3, -0.25) is 14.4 Å². The molecule has 1 aliphatic carbocycles. The zero-order valence-corrected chi connectivity index (χ0v) is 13.5. The molecule has 1 unspecified atom stereocenters. The van der Waals surface area contributed by atoms with E-state index in [2.05, 4.69) is 16.0 Å². The largest absolute Gasteiger partial charge is 0.359 e. The summed E-state index contributed by atoms with van der Waals surface area (Å²) in [6.45, 7) is 5.06. The topological polar surface area (TPSA) is 87.3 Å². The Morgan fingerprint density at radius 2 is 1.68 bits per heavy atom. The first-order chi connectivity index (χ1) is 10.5. The van der Waals surface area contributed by atoms with Crippen LogP contribution in [0.3, 0.4) is 0 Å². The fraction of sp³-hybridized carbons (Fsp3) is 0.562. The number of amides is 3. The lowest BCUT2D eigenvalue weighted by Gasteiger charge is -2.20. The van der Waals surface area contributed by atoms with Crippen LogP contribution in [-0.2, 0) is 14.4 Å². The molecule has 0 spiro atoms. The van der Waals surface area contributed by atoms with E-state index in [0.717, 1.165) is 12.8 Å². The highest BCUT2D eigenvalue weighted by molar-refractivity contribution is 6.03. The molecule has 1 rings (SSSR count). The summed E-state index contributed by atoms with van der Waals surface area (Å²) in [4.78, 5) is 36.1. The molecule has 0 heterocycles. The van der Waals surface area contributed by atoms with Crippen LogP contribution in [0.25, 0.3) is 0 Å². The van der Waals surface area contributed by atoms with Crippen LogP contribution < -0.4 is 16.0 Å². The van der Waals surface area contributed by atoms with E-state index in [-0.39, 0.29) is 17.7 Å². The van der Waals surface area contributed by atoms with Gasteiger partial charge in [-0.25, -0.2) is 0 Å². The first kappa shape index (κ1) is 17.9. The van der Waals surface area contributed by atoms with E-state index in [1.54, 1.807) is 19.2 Å². The standard InChI is InChI=1S/C16H25N3O3/c1-4-6-18-15(21)12-8-11(14(20)17-3)9-13(10-12)16(22)19-7-5-2/h8,10-11H,4-7,9H2,1-3H3,(H,17,20)(H,18,21)(H,19,22). The summed E-state index contributed by atoms with van der Waals surface area (Å²) in [6, 6.07) is 0. The maximum atomic E-state index is 12.1. The van der Waals surface area contributed by atoms with Gasteiger partial charge in [0.25, 0.3) is 5.91 Å². The first-order valence-corrected chi connectivity index (χ1v) is 7.73. The normalized spacial score (nSPS) is 17.1. The molecule has 122 valence electrons. The Morgan fingerprint density at radius 3 is 2.23 bits per heavy atom. The molecule has 1 aliphatic rings. The Labute approximate surface area is 131 Å². The molecular formula is C16H25N3O3. The minimum absolute atomic E-state index is 0.199. The van der Waals surface area contributed by atoms with Crippen molar-refractivity contribution in [3.05, 3.63) is 23.3 Å². The Bertz CT molecular complexity index is 495. The zero-order valence-electron chi connectivity index (χ0n) is 13.5. The number of nitrogens with one attached hydrogen (secondary N) is 3. The van der Waals surface area contributed by atoms with Crippen LogP contribution >= 0.6 is 0 Å². The van der Waals surface area contributed by atoms with Gasteiger partial charge in [0.1, 0.15) is 0 Å². The van der Waals surface area contributed by atoms with Crippen LogP contribution in [0, 0.1) is 5.92 Å². The quantitative estimate of drug-likeness (QED) is 0.645. The van der Waals surface area contributed by atoms with Gasteiger partial charge < -0.3 is 16.0 Å². The van der Waals surface area contributed by atoms with E-state index < -0.39 is 5.92 Å². The maximum absolute atomic E-state index is 12.1. The Kier molecular flexibility index (Phi) is 7.36. The number of carbonyl (C=O) groups excluding carboxylic acids is 3. The molecule has 3 N–H and O–H groups in total. The molecule has 0 aromatic heterocycles. The summed E-state index contributed by atoms with van der Waals surface area (Å²) in [7, 11) is 1.54. The van der Waals surface area contributed by atoms with Gasteiger partial charge in [-0.1, -0.05) is 19.9 Å². The molecule has 0 saturated heterocycles. The monoisotopic (exact) mass is 307 g/mol. The lowest BCUT2D eigenvalue weighted by molar-refractivity contribution is -0.123. The molecule has 0 bridgehead atoms. The van der Waals surface area contributed by atoms with Gasteiger partial charge in [0.05, 0.1) is 5.92 Å². The Morgan fingerprint density at radius 1 is 1.09 bits per heavy atom. The van der Waals surface area contributed by atoms with Crippen molar-refractivity contribution in [2.24, 2.45) is 5.92 Å². The summed E-state index contributed by atoms with van der Waals surface area (Å²) >= 11 is 0. The first-order valence-electron chi connectivity index (χ1n) is 7.73. The van der Waals surface area contributed by atoms with E-state index >= 15 is 0 Å². The molecule has 0 fully saturated rings. The summed E-state index contributed by atoms with van der Waals surface area (Å²) in [5, 5.41) is 8.12. The van der Waals surface area contributed by atoms with Gasteiger partial charge in [-0.2, -0.15) is 0 Å². The van der Waals surface area contributed by atoms with E-state index in [1.165, 1.54) is 0 Å². The van der Waals surface area contributed by atoms with Gasteiger partial charge in [0, 0.05) is 31.3 Å². The Hall–Kier alpha value is -2.11. The lowest BCUT2D eigenvalue weighted by Crippen LogP contribution is -2.34. The zero-order chi connectivity index (χ0) is 16.5. The molecule has 1 atom stereocenters. The second-order valence-corrected chi connectivity index (χ2v) is 5.23. The molecule has 0 aliphatic heterocycles. The van der Waals surface area contributed by atoms with Crippen molar-refractivity contribution in [1.29, 1.82) is 0 Å². The van der Waals surface area contributed by atoms with Gasteiger partial charge >= 0.3 is 0 Å². The molecule has 6 heteroatoms. The maximum Gasteiger partial charge on any atom is 0.250 e. The Balaban J connectivity index is 2.94. The minimum atomic E-state index is -0.500. The average Bonchev–Trinajstić information content (AvgIpc) is 2.56. The third-order valence-corrected chi connectivity index (χ3v) is 3.36. The molecular weight excluding hydrogens is 282 g/mol. The van der Waals surface area contributed by atoms with Crippen LogP contribution in [0.2, 0.25) is 0 Å². The number of hydrogen-bond donors (Lipinski definition) is 3. The van der Waals surface area contributed by atoms with Crippen molar-refractivity contribution in [2.45, 2.75) is 33.1 Å². The van der Waals surface area contributed by atoms with E-state index in [0.29, 0.717) is 30.7 Å². The number of rotatable bonds is 7. The van der Waals surface area contributed by atoms with E-state index in [1.807, 2.05) is 13.8 Å². The van der Waals surface area contributed by atoms with Crippen LogP contribution in [0.4, 0.5) is 0 Å². The van der Waals surface area contributed by atoms with Crippen LogP contribution in [0.5, 0.6) is 0 Å². The van der Waals surface area contributed by atoms with Crippen molar-refractivity contribution < 1.29 is 14.4 Å². The fourth-order valence-corrected chi connectivity index (χ4v) is 2.15. The van der Waals surface area contributed by atoms with Gasteiger partial charge in [-0.05, 0) is 25.3 Å². The predicted octanol–water partition coefficient (Wildman–Crippen LogP) is 0.658.